The van der Waals surface area contributed by atoms with E-state index in [0.717, 1.165) is 0 Å². The van der Waals surface area contributed by atoms with Crippen LogP contribution in [0.4, 0.5) is 14.1 Å². The minimum atomic E-state index is 0. The van der Waals surface area contributed by atoms with Gasteiger partial charge in [0.1, 0.15) is 0 Å². The predicted octanol–water partition coefficient (Wildman–Crippen LogP) is -0.304. The van der Waals surface area contributed by atoms with E-state index in [4.69, 9.17) is 0 Å². The van der Waals surface area contributed by atoms with E-state index >= 15 is 0 Å². The van der Waals surface area contributed by atoms with E-state index in [9.17, 15) is 0 Å². The Hall–Kier alpha value is -0.0801. The zero-order valence-corrected chi connectivity index (χ0v) is 2.38. The van der Waals surface area contributed by atoms with Crippen molar-refractivity contribution in [1.82, 2.24) is 0 Å². The lowest BCUT2D eigenvalue weighted by molar-refractivity contribution is 1.11. The van der Waals surface area contributed by atoms with Crippen LogP contribution in [0.2, 0.25) is 0 Å². The molecule has 0 fully saturated rings. The van der Waals surface area contributed by atoms with Crippen molar-refractivity contribution in [1.29, 1.82) is 0 Å². The summed E-state index contributed by atoms with van der Waals surface area (Å²) in [4.78, 5) is 0. The molecule has 5 heavy (non-hydrogen) atoms. The zero-order chi connectivity index (χ0) is 0. The Kier molecular flexibility index (Phi) is 12300000. The van der Waals surface area contributed by atoms with Crippen LogP contribution in [0.5, 0.6) is 0 Å². The molecule has 0 aromatic carbocycles. The smallest absolute Gasteiger partial charge is 0 e. The molecule has 0 N–H and O–H groups in total. The molecule has 0 aromatic rings. The van der Waals surface area contributed by atoms with E-state index in [1.54, 1.807) is 0 Å². The molecule has 30 valence electrons. The molecule has 0 heterocycles. The van der Waals surface area contributed by atoms with E-state index < -0.39 is 0 Å². The average Bonchev–Trinajstić information content (AvgIpc) is 0. The van der Waals surface area contributed by atoms with Crippen molar-refractivity contribution in [3.63, 3.8) is 0 Å². The number of hydrogen-bond donors (Lipinski definition) is 0. The first-order valence-electron chi connectivity index (χ1n) is 0. The summed E-state index contributed by atoms with van der Waals surface area (Å²) < 4.78 is 0. The van der Waals surface area contributed by atoms with Crippen molar-refractivity contribution in [2.24, 2.45) is 0 Å². The molecule has 5 heteroatoms. The molecule has 0 saturated carbocycles. The van der Waals surface area contributed by atoms with Gasteiger partial charge in [0.25, 0.3) is 0 Å². The normalized spacial score (nSPS) is 0. The summed E-state index contributed by atoms with van der Waals surface area (Å²) >= 11 is 0. The fourth-order valence-corrected chi connectivity index (χ4v) is 0. The number of rotatable bonds is 0. The topological polar surface area (TPSA) is 0 Å². The van der Waals surface area contributed by atoms with Gasteiger partial charge in [-0.1, -0.05) is 0 Å². The van der Waals surface area contributed by atoms with E-state index in [-0.39, 0.29) is 30.9 Å². The third-order valence-electron chi connectivity index (χ3n) is 0. The van der Waals surface area contributed by atoms with Gasteiger partial charge in [0.05, 0.1) is 0 Å². The third-order valence-corrected chi connectivity index (χ3v) is 0. The molecule has 0 amide bonds. The maximum atomic E-state index is 0. The van der Waals surface area contributed by atoms with Gasteiger partial charge in [0.15, 0.2) is 0 Å². The minimum absolute atomic E-state index is 0. The van der Waals surface area contributed by atoms with Crippen LogP contribution in [-0.4, -0.2) is 16.8 Å². The second-order valence-corrected chi connectivity index (χ2v) is 0. The van der Waals surface area contributed by atoms with Gasteiger partial charge < -0.3 is 0 Å². The molecule has 0 nitrogen and oxygen atoms in total. The highest BCUT2D eigenvalue weighted by atomic mass is 19.0. The van der Waals surface area contributed by atoms with Crippen molar-refractivity contribution < 1.29 is 14.1 Å². The van der Waals surface area contributed by atoms with Crippen LogP contribution >= 0.6 is 0 Å². The summed E-state index contributed by atoms with van der Waals surface area (Å²) in [6.45, 7) is 0. The summed E-state index contributed by atoms with van der Waals surface area (Å²) in [5.74, 6) is 0. The largest absolute Gasteiger partial charge is 0.269 e. The van der Waals surface area contributed by atoms with Gasteiger partial charge in [-0.3, -0.25) is 14.1 Å². The van der Waals surface area contributed by atoms with E-state index in [2.05, 4.69) is 0 Å². The van der Waals surface area contributed by atoms with Crippen LogP contribution in [0, 0.1) is 0 Å². The molecule has 0 aliphatic rings. The van der Waals surface area contributed by atoms with E-state index in [0.29, 0.717) is 0 Å². The highest BCUT2D eigenvalue weighted by molar-refractivity contribution is 5.76. The van der Waals surface area contributed by atoms with Crippen LogP contribution in [0.25, 0.3) is 0 Å². The Bertz CT molecular complexity index is 4.85. The van der Waals surface area contributed by atoms with Gasteiger partial charge in [-0.25, -0.2) is 0 Å². The van der Waals surface area contributed by atoms with Crippen molar-refractivity contribution in [2.75, 3.05) is 0 Å². The molecule has 0 saturated heterocycles. The average molecular weight is 81.6 g/mol. The Morgan fingerprint density at radius 3 is 0.400 bits per heavy atom. The molecule has 0 bridgehead atoms. The fourth-order valence-electron chi connectivity index (χ4n) is 0. The molecule has 0 aromatic heterocycles. The third kappa shape index (κ3) is 2250. The lowest BCUT2D eigenvalue weighted by atomic mass is 10.8. The summed E-state index contributed by atoms with van der Waals surface area (Å²) in [5.41, 5.74) is 0. The Morgan fingerprint density at radius 1 is 0.400 bits per heavy atom. The first-order valence-corrected chi connectivity index (χ1v) is 0. The van der Waals surface area contributed by atoms with Crippen molar-refractivity contribution >= 4 is 16.8 Å². The van der Waals surface area contributed by atoms with Crippen LogP contribution in [-0.2, 0) is 0 Å². The maximum Gasteiger partial charge on any atom is 0 e. The molecule has 0 unspecified atom stereocenters. The SMILES string of the molecule is F.F.F.[B].[B]. The fraction of sp³-hybridized carbons (Fsp3) is 0. The highest BCUT2D eigenvalue weighted by Crippen LogP contribution is 0.422. The number of hydrogen-bond acceptors (Lipinski definition) is 0. The summed E-state index contributed by atoms with van der Waals surface area (Å²) in [5, 5.41) is 0. The second-order valence-electron chi connectivity index (χ2n) is 0. The lowest BCUT2D eigenvalue weighted by Crippen LogP contribution is -0.382. The maximum absolute atomic E-state index is 0. The Balaban J connectivity index is 0. The molecule has 0 spiro atoms. The molecule has 0 aliphatic carbocycles. The Labute approximate surface area is 32.2 Å². The molecule has 0 aliphatic heterocycles. The molecule has 0 atom stereocenters. The predicted molar refractivity (Wildman–Crippen MR) is 19.0 cm³/mol. The second kappa shape index (κ2) is 5200. The summed E-state index contributed by atoms with van der Waals surface area (Å²) in [6.07, 6.45) is 0. The van der Waals surface area contributed by atoms with E-state index in [1.807, 2.05) is 0 Å². The molecular weight excluding hydrogens is 78.6 g/mol. The standard InChI is InChI=1S/2B.3FH/h;;3*1H. The van der Waals surface area contributed by atoms with Crippen molar-refractivity contribution in [2.45, 2.75) is 0 Å². The Morgan fingerprint density at radius 2 is 0.400 bits per heavy atom. The minimum Gasteiger partial charge on any atom is -0.269 e. The van der Waals surface area contributed by atoms with Gasteiger partial charge in [-0.2, -0.15) is 0 Å². The van der Waals surface area contributed by atoms with Gasteiger partial charge in [0.2, 0.25) is 0 Å². The zero-order valence-electron chi connectivity index (χ0n) is 2.38. The van der Waals surface area contributed by atoms with Gasteiger partial charge in [0, 0.05) is 16.8 Å². The van der Waals surface area contributed by atoms with Crippen LogP contribution in [0.3, 0.4) is 0 Å². The van der Waals surface area contributed by atoms with Gasteiger partial charge in [-0.15, -0.1) is 0 Å². The molecule has 6 radical (unpaired) electrons. The first-order chi connectivity index (χ1) is 0. The van der Waals surface area contributed by atoms with E-state index in [1.165, 1.54) is 0 Å². The molecule has 0 rings (SSSR count). The first kappa shape index (κ1) is 11800. The number of halogens is 3. The van der Waals surface area contributed by atoms with Gasteiger partial charge in [-0.05, 0) is 0 Å². The highest BCUT2D eigenvalue weighted by Gasteiger charge is 0.00102. The molecular formula is H3B2F3. The van der Waals surface area contributed by atoms with Crippen molar-refractivity contribution in [3.05, 3.63) is 0 Å². The summed E-state index contributed by atoms with van der Waals surface area (Å²) in [7, 11) is 0. The quantitative estimate of drug-likeness (QED) is 0.351. The van der Waals surface area contributed by atoms with Crippen LogP contribution < -0.4 is 0 Å². The lowest BCUT2D eigenvalue weighted by Gasteiger charge is -0.270. The van der Waals surface area contributed by atoms with Crippen LogP contribution in [0.1, 0.15) is 0 Å². The van der Waals surface area contributed by atoms with Crippen molar-refractivity contribution in [3.8, 4) is 0 Å². The summed E-state index contributed by atoms with van der Waals surface area (Å²) in [6, 6.07) is 0. The monoisotopic (exact) mass is 82.0 g/mol. The van der Waals surface area contributed by atoms with Gasteiger partial charge >= 0.3 is 0 Å². The van der Waals surface area contributed by atoms with Crippen LogP contribution in [0.15, 0.2) is 0 Å².